The summed E-state index contributed by atoms with van der Waals surface area (Å²) < 4.78 is 53.6. The van der Waals surface area contributed by atoms with Crippen LogP contribution in [0.3, 0.4) is 0 Å². The Bertz CT molecular complexity index is 1630. The van der Waals surface area contributed by atoms with Crippen LogP contribution in [-0.4, -0.2) is 60.7 Å². The Balaban J connectivity index is 1.39. The Kier molecular flexibility index (Phi) is 7.13. The Morgan fingerprint density at radius 3 is 2.51 bits per heavy atom. The zero-order chi connectivity index (χ0) is 27.7. The standard InChI is InChI=1S/C27H28FN5O5S/c1-16-26-24(31-30-16)15-23(29-27(26)38-20-10-12-33(13-11-20)17(2)34)18-4-6-19(7-5-18)32-39(35,36)25-14-21(37-3)8-9-22(25)28/h4-9,14-15,20,32H,10-13H2,1-3H3,(H,30,31). The van der Waals surface area contributed by atoms with E-state index in [0.29, 0.717) is 48.6 Å². The van der Waals surface area contributed by atoms with E-state index in [2.05, 4.69) is 14.9 Å². The Hall–Kier alpha value is -4.19. The highest BCUT2D eigenvalue weighted by atomic mass is 32.2. The summed E-state index contributed by atoms with van der Waals surface area (Å²) in [4.78, 5) is 17.7. The maximum atomic E-state index is 14.3. The molecule has 1 aliphatic rings. The summed E-state index contributed by atoms with van der Waals surface area (Å²) in [6, 6.07) is 11.9. The number of anilines is 1. The SMILES string of the molecule is COc1ccc(F)c(S(=O)(=O)Nc2ccc(-c3cc4n[nH]c(C)c4c(OC4CCN(C(C)=O)CC4)n3)cc2)c1. The average Bonchev–Trinajstić information content (AvgIpc) is 3.30. The number of aromatic amines is 1. The van der Waals surface area contributed by atoms with Crippen LogP contribution in [0.1, 0.15) is 25.5 Å². The summed E-state index contributed by atoms with van der Waals surface area (Å²) in [5.41, 5.74) is 3.08. The van der Waals surface area contributed by atoms with Crippen LogP contribution in [0.4, 0.5) is 10.1 Å². The number of carbonyl (C=O) groups excluding carboxylic acids is 1. The minimum Gasteiger partial charge on any atom is -0.497 e. The molecule has 0 bridgehead atoms. The molecule has 1 aliphatic heterocycles. The number of piperidine rings is 1. The zero-order valence-corrected chi connectivity index (χ0v) is 22.5. The lowest BCUT2D eigenvalue weighted by molar-refractivity contribution is -0.130. The predicted octanol–water partition coefficient (Wildman–Crippen LogP) is 4.27. The van der Waals surface area contributed by atoms with Crippen molar-refractivity contribution < 1.29 is 27.1 Å². The van der Waals surface area contributed by atoms with Gasteiger partial charge in [-0.05, 0) is 37.3 Å². The summed E-state index contributed by atoms with van der Waals surface area (Å²) in [5.74, 6) is -0.148. The van der Waals surface area contributed by atoms with Crippen molar-refractivity contribution in [3.8, 4) is 22.9 Å². The number of methoxy groups -OCH3 is 1. The minimum atomic E-state index is -4.19. The summed E-state index contributed by atoms with van der Waals surface area (Å²) >= 11 is 0. The molecule has 0 radical (unpaired) electrons. The maximum absolute atomic E-state index is 14.3. The van der Waals surface area contributed by atoms with Gasteiger partial charge in [0.25, 0.3) is 10.0 Å². The highest BCUT2D eigenvalue weighted by molar-refractivity contribution is 7.92. The van der Waals surface area contributed by atoms with E-state index >= 15 is 0 Å². The first-order chi connectivity index (χ1) is 18.6. The number of pyridine rings is 1. The van der Waals surface area contributed by atoms with Crippen molar-refractivity contribution in [2.45, 2.75) is 37.7 Å². The fraction of sp³-hybridized carbons (Fsp3) is 0.296. The molecule has 204 valence electrons. The van der Waals surface area contributed by atoms with Crippen molar-refractivity contribution in [3.05, 3.63) is 60.0 Å². The van der Waals surface area contributed by atoms with Gasteiger partial charge in [0.05, 0.1) is 23.7 Å². The lowest BCUT2D eigenvalue weighted by Gasteiger charge is -2.31. The fourth-order valence-corrected chi connectivity index (χ4v) is 5.72. The molecule has 2 aromatic heterocycles. The van der Waals surface area contributed by atoms with Crippen LogP contribution in [0.5, 0.6) is 11.6 Å². The number of aryl methyl sites for hydroxylation is 1. The molecule has 1 amide bonds. The summed E-state index contributed by atoms with van der Waals surface area (Å²) in [7, 11) is -2.82. The van der Waals surface area contributed by atoms with Gasteiger partial charge in [0.15, 0.2) is 0 Å². The lowest BCUT2D eigenvalue weighted by Crippen LogP contribution is -2.40. The van der Waals surface area contributed by atoms with Gasteiger partial charge in [0.2, 0.25) is 11.8 Å². The van der Waals surface area contributed by atoms with E-state index in [-0.39, 0.29) is 23.4 Å². The molecule has 39 heavy (non-hydrogen) atoms. The van der Waals surface area contributed by atoms with Crippen LogP contribution >= 0.6 is 0 Å². The summed E-state index contributed by atoms with van der Waals surface area (Å²) in [6.45, 7) is 4.72. The molecule has 0 atom stereocenters. The second kappa shape index (κ2) is 10.5. The van der Waals surface area contributed by atoms with E-state index in [9.17, 15) is 17.6 Å². The van der Waals surface area contributed by atoms with Gasteiger partial charge in [0, 0.05) is 55.9 Å². The molecule has 12 heteroatoms. The van der Waals surface area contributed by atoms with E-state index in [1.54, 1.807) is 36.1 Å². The number of nitrogens with zero attached hydrogens (tertiary/aromatic N) is 3. The number of hydrogen-bond acceptors (Lipinski definition) is 7. The molecule has 1 fully saturated rings. The first-order valence-corrected chi connectivity index (χ1v) is 13.9. The van der Waals surface area contributed by atoms with Gasteiger partial charge in [-0.2, -0.15) is 5.10 Å². The fourth-order valence-electron chi connectivity index (χ4n) is 4.56. The number of carbonyl (C=O) groups is 1. The van der Waals surface area contributed by atoms with Crippen molar-refractivity contribution in [2.24, 2.45) is 0 Å². The normalized spacial score (nSPS) is 14.4. The number of sulfonamides is 1. The van der Waals surface area contributed by atoms with Crippen LogP contribution in [-0.2, 0) is 14.8 Å². The number of fused-ring (bicyclic) bond motifs is 1. The van der Waals surface area contributed by atoms with Crippen LogP contribution in [0.15, 0.2) is 53.4 Å². The van der Waals surface area contributed by atoms with E-state index in [0.717, 1.165) is 23.2 Å². The third kappa shape index (κ3) is 5.51. The highest BCUT2D eigenvalue weighted by Gasteiger charge is 2.25. The van der Waals surface area contributed by atoms with Crippen molar-refractivity contribution >= 4 is 32.5 Å². The van der Waals surface area contributed by atoms with Gasteiger partial charge in [-0.3, -0.25) is 14.6 Å². The van der Waals surface area contributed by atoms with Crippen LogP contribution in [0.2, 0.25) is 0 Å². The van der Waals surface area contributed by atoms with Crippen molar-refractivity contribution in [1.82, 2.24) is 20.1 Å². The Morgan fingerprint density at radius 2 is 1.85 bits per heavy atom. The monoisotopic (exact) mass is 553 g/mol. The molecule has 0 aliphatic carbocycles. The van der Waals surface area contributed by atoms with Crippen LogP contribution < -0.4 is 14.2 Å². The van der Waals surface area contributed by atoms with E-state index in [1.807, 2.05) is 13.0 Å². The number of likely N-dealkylation sites (tertiary alicyclic amines) is 1. The number of nitrogens with one attached hydrogen (secondary N) is 2. The molecule has 4 aromatic rings. The minimum absolute atomic E-state index is 0.0565. The molecular weight excluding hydrogens is 525 g/mol. The number of aromatic nitrogens is 3. The van der Waals surface area contributed by atoms with Crippen LogP contribution in [0, 0.1) is 12.7 Å². The van der Waals surface area contributed by atoms with Gasteiger partial charge in [-0.15, -0.1) is 0 Å². The van der Waals surface area contributed by atoms with Crippen LogP contribution in [0.25, 0.3) is 22.2 Å². The van der Waals surface area contributed by atoms with E-state index in [4.69, 9.17) is 14.5 Å². The van der Waals surface area contributed by atoms with E-state index in [1.165, 1.54) is 13.2 Å². The van der Waals surface area contributed by atoms with Crippen molar-refractivity contribution in [2.75, 3.05) is 24.9 Å². The van der Waals surface area contributed by atoms with Gasteiger partial charge < -0.3 is 14.4 Å². The molecule has 2 N–H and O–H groups in total. The number of ether oxygens (including phenoxy) is 2. The maximum Gasteiger partial charge on any atom is 0.264 e. The molecule has 1 saturated heterocycles. The smallest absolute Gasteiger partial charge is 0.264 e. The quantitative estimate of drug-likeness (QED) is 0.350. The number of H-pyrrole nitrogens is 1. The zero-order valence-electron chi connectivity index (χ0n) is 21.7. The number of hydrogen-bond donors (Lipinski definition) is 2. The van der Waals surface area contributed by atoms with Gasteiger partial charge in [0.1, 0.15) is 22.6 Å². The van der Waals surface area contributed by atoms with Crippen molar-refractivity contribution in [1.29, 1.82) is 0 Å². The van der Waals surface area contributed by atoms with E-state index < -0.39 is 20.7 Å². The average molecular weight is 554 g/mol. The molecule has 0 spiro atoms. The first kappa shape index (κ1) is 26.4. The molecule has 3 heterocycles. The first-order valence-electron chi connectivity index (χ1n) is 12.4. The number of halogens is 1. The summed E-state index contributed by atoms with van der Waals surface area (Å²) in [6.07, 6.45) is 1.31. The van der Waals surface area contributed by atoms with Gasteiger partial charge in [-0.1, -0.05) is 12.1 Å². The lowest BCUT2D eigenvalue weighted by atomic mass is 10.1. The van der Waals surface area contributed by atoms with Gasteiger partial charge in [-0.25, -0.2) is 17.8 Å². The topological polar surface area (TPSA) is 127 Å². The second-order valence-electron chi connectivity index (χ2n) is 9.36. The molecule has 5 rings (SSSR count). The molecule has 0 unspecified atom stereocenters. The Labute approximate surface area is 225 Å². The van der Waals surface area contributed by atoms with Crippen molar-refractivity contribution in [3.63, 3.8) is 0 Å². The molecular formula is C27H28FN5O5S. The predicted molar refractivity (Wildman–Crippen MR) is 144 cm³/mol. The van der Waals surface area contributed by atoms with Gasteiger partial charge >= 0.3 is 0 Å². The second-order valence-corrected chi connectivity index (χ2v) is 11.0. The number of rotatable bonds is 7. The Morgan fingerprint density at radius 1 is 1.13 bits per heavy atom. The summed E-state index contributed by atoms with van der Waals surface area (Å²) in [5, 5.41) is 8.15. The number of amides is 1. The molecule has 0 saturated carbocycles. The third-order valence-electron chi connectivity index (χ3n) is 6.71. The molecule has 10 nitrogen and oxygen atoms in total. The molecule has 2 aromatic carbocycles. The number of benzene rings is 2. The highest BCUT2D eigenvalue weighted by Crippen LogP contribution is 2.33. The largest absolute Gasteiger partial charge is 0.497 e. The third-order valence-corrected chi connectivity index (χ3v) is 8.11.